The van der Waals surface area contributed by atoms with E-state index in [0.29, 0.717) is 13.2 Å². The van der Waals surface area contributed by atoms with Crippen LogP contribution in [0, 0.1) is 0 Å². The van der Waals surface area contributed by atoms with Crippen LogP contribution in [0.2, 0.25) is 0 Å². The molecule has 0 amide bonds. The van der Waals surface area contributed by atoms with Crippen molar-refractivity contribution in [2.24, 2.45) is 0 Å². The van der Waals surface area contributed by atoms with Gasteiger partial charge in [-0.05, 0) is 20.3 Å². The van der Waals surface area contributed by atoms with Crippen LogP contribution in [0.15, 0.2) is 0 Å². The highest BCUT2D eigenvalue weighted by Gasteiger charge is 2.44. The van der Waals surface area contributed by atoms with Gasteiger partial charge < -0.3 is 19.7 Å². The average molecular weight is 248 g/mol. The second-order valence-corrected chi connectivity index (χ2v) is 4.02. The summed E-state index contributed by atoms with van der Waals surface area (Å²) in [5.41, 5.74) is -1.55. The molecule has 102 valence electrons. The van der Waals surface area contributed by atoms with E-state index in [4.69, 9.17) is 9.47 Å². The zero-order valence-corrected chi connectivity index (χ0v) is 10.9. The molecule has 2 N–H and O–H groups in total. The Hall–Kier alpha value is -0.650. The fraction of sp³-hybridized carbons (Fsp3) is 0.917. The number of unbranched alkanes of at least 4 members (excludes halogenated alkanes) is 1. The number of carbonyl (C=O) groups is 1. The largest absolute Gasteiger partial charge is 0.479 e. The lowest BCUT2D eigenvalue weighted by Crippen LogP contribution is -2.51. The summed E-state index contributed by atoms with van der Waals surface area (Å²) in [6, 6.07) is 0. The molecule has 0 saturated heterocycles. The Kier molecular flexibility index (Phi) is 8.12. The Labute approximate surface area is 103 Å². The van der Waals surface area contributed by atoms with Crippen LogP contribution < -0.4 is 0 Å². The molecule has 0 aliphatic carbocycles. The molecule has 0 bridgehead atoms. The van der Waals surface area contributed by atoms with Crippen molar-refractivity contribution >= 4 is 5.97 Å². The highest BCUT2D eigenvalue weighted by molar-refractivity contribution is 5.78. The first kappa shape index (κ1) is 16.4. The molecule has 5 heteroatoms. The van der Waals surface area contributed by atoms with Crippen LogP contribution in [0.25, 0.3) is 0 Å². The Morgan fingerprint density at radius 2 is 2.00 bits per heavy atom. The lowest BCUT2D eigenvalue weighted by molar-refractivity contribution is -0.186. The number of aliphatic hydroxyl groups excluding tert-OH is 1. The van der Waals surface area contributed by atoms with E-state index in [1.807, 2.05) is 13.8 Å². The van der Waals surface area contributed by atoms with E-state index in [1.165, 1.54) is 6.92 Å². The monoisotopic (exact) mass is 248 g/mol. The molecule has 0 spiro atoms. The third-order valence-electron chi connectivity index (χ3n) is 2.72. The summed E-state index contributed by atoms with van der Waals surface area (Å²) in [4.78, 5) is 11.3. The van der Waals surface area contributed by atoms with Gasteiger partial charge in [-0.1, -0.05) is 13.3 Å². The van der Waals surface area contributed by atoms with E-state index < -0.39 is 17.7 Å². The number of rotatable bonds is 10. The maximum absolute atomic E-state index is 11.3. The van der Waals surface area contributed by atoms with E-state index in [2.05, 4.69) is 0 Å². The van der Waals surface area contributed by atoms with Gasteiger partial charge in [0.05, 0.1) is 6.10 Å². The number of aliphatic carboxylic acids is 1. The maximum Gasteiger partial charge on any atom is 0.338 e. The molecular formula is C12H24O5. The van der Waals surface area contributed by atoms with E-state index in [9.17, 15) is 15.0 Å². The molecule has 0 rings (SSSR count). The molecule has 0 radical (unpaired) electrons. The van der Waals surface area contributed by atoms with Crippen molar-refractivity contribution in [3.8, 4) is 0 Å². The summed E-state index contributed by atoms with van der Waals surface area (Å²) >= 11 is 0. The van der Waals surface area contributed by atoms with Crippen molar-refractivity contribution in [2.75, 3.05) is 19.8 Å². The number of carboxylic acid groups (broad SMARTS) is 1. The SMILES string of the molecule is CCCCOC(CCOCC)(C(=O)O)C(C)O. The van der Waals surface area contributed by atoms with Gasteiger partial charge in [0.25, 0.3) is 0 Å². The van der Waals surface area contributed by atoms with Gasteiger partial charge in [0.15, 0.2) is 5.60 Å². The van der Waals surface area contributed by atoms with E-state index in [-0.39, 0.29) is 13.0 Å². The molecular weight excluding hydrogens is 224 g/mol. The number of carboxylic acids is 1. The van der Waals surface area contributed by atoms with Crippen molar-refractivity contribution in [3.63, 3.8) is 0 Å². The summed E-state index contributed by atoms with van der Waals surface area (Å²) in [5, 5.41) is 18.9. The summed E-state index contributed by atoms with van der Waals surface area (Å²) in [6.45, 7) is 6.38. The Morgan fingerprint density at radius 1 is 1.35 bits per heavy atom. The Morgan fingerprint density at radius 3 is 2.41 bits per heavy atom. The molecule has 0 aliphatic heterocycles. The zero-order valence-electron chi connectivity index (χ0n) is 10.9. The van der Waals surface area contributed by atoms with Crippen molar-refractivity contribution in [3.05, 3.63) is 0 Å². The summed E-state index contributed by atoms with van der Waals surface area (Å²) < 4.78 is 10.6. The average Bonchev–Trinajstić information content (AvgIpc) is 2.26. The fourth-order valence-electron chi connectivity index (χ4n) is 1.52. The zero-order chi connectivity index (χ0) is 13.3. The Balaban J connectivity index is 4.56. The molecule has 2 unspecified atom stereocenters. The van der Waals surface area contributed by atoms with Gasteiger partial charge in [0.1, 0.15) is 0 Å². The predicted octanol–water partition coefficient (Wildman–Crippen LogP) is 1.43. The number of hydrogen-bond acceptors (Lipinski definition) is 4. The number of hydrogen-bond donors (Lipinski definition) is 2. The summed E-state index contributed by atoms with van der Waals surface area (Å²) in [5.74, 6) is -1.14. The third-order valence-corrected chi connectivity index (χ3v) is 2.72. The predicted molar refractivity (Wildman–Crippen MR) is 64.0 cm³/mol. The maximum atomic E-state index is 11.3. The normalized spacial score (nSPS) is 16.5. The van der Waals surface area contributed by atoms with Gasteiger partial charge in [-0.3, -0.25) is 0 Å². The quantitative estimate of drug-likeness (QED) is 0.572. The van der Waals surface area contributed by atoms with Gasteiger partial charge in [0.2, 0.25) is 0 Å². The lowest BCUT2D eigenvalue weighted by Gasteiger charge is -2.32. The highest BCUT2D eigenvalue weighted by atomic mass is 16.5. The van der Waals surface area contributed by atoms with Crippen molar-refractivity contribution in [2.45, 2.75) is 51.7 Å². The first-order chi connectivity index (χ1) is 8.01. The van der Waals surface area contributed by atoms with Crippen LogP contribution in [0.4, 0.5) is 0 Å². The van der Waals surface area contributed by atoms with Crippen LogP contribution in [-0.4, -0.2) is 47.7 Å². The molecule has 0 aromatic carbocycles. The number of aliphatic hydroxyl groups is 1. The minimum absolute atomic E-state index is 0.150. The van der Waals surface area contributed by atoms with E-state index in [0.717, 1.165) is 12.8 Å². The minimum atomic E-state index is -1.55. The second kappa shape index (κ2) is 8.44. The molecule has 0 saturated carbocycles. The van der Waals surface area contributed by atoms with E-state index in [1.54, 1.807) is 0 Å². The molecule has 0 aliphatic rings. The fourth-order valence-corrected chi connectivity index (χ4v) is 1.52. The van der Waals surface area contributed by atoms with Crippen molar-refractivity contribution < 1.29 is 24.5 Å². The standard InChI is InChI=1S/C12H24O5/c1-4-6-8-17-12(10(3)13,11(14)15)7-9-16-5-2/h10,13H,4-9H2,1-3H3,(H,14,15). The second-order valence-electron chi connectivity index (χ2n) is 4.02. The Bertz CT molecular complexity index is 205. The van der Waals surface area contributed by atoms with Crippen LogP contribution in [0.3, 0.4) is 0 Å². The summed E-state index contributed by atoms with van der Waals surface area (Å²) in [6.07, 6.45) is 0.770. The highest BCUT2D eigenvalue weighted by Crippen LogP contribution is 2.22. The van der Waals surface area contributed by atoms with Gasteiger partial charge in [-0.15, -0.1) is 0 Å². The van der Waals surface area contributed by atoms with E-state index >= 15 is 0 Å². The molecule has 0 aromatic rings. The molecule has 5 nitrogen and oxygen atoms in total. The van der Waals surface area contributed by atoms with Crippen LogP contribution in [0.1, 0.15) is 40.0 Å². The first-order valence-corrected chi connectivity index (χ1v) is 6.14. The number of ether oxygens (including phenoxy) is 2. The van der Waals surface area contributed by atoms with Gasteiger partial charge in [0, 0.05) is 26.2 Å². The topological polar surface area (TPSA) is 76.0 Å². The van der Waals surface area contributed by atoms with Crippen molar-refractivity contribution in [1.82, 2.24) is 0 Å². The molecule has 0 aromatic heterocycles. The molecule has 2 atom stereocenters. The minimum Gasteiger partial charge on any atom is -0.479 e. The van der Waals surface area contributed by atoms with Gasteiger partial charge in [-0.2, -0.15) is 0 Å². The first-order valence-electron chi connectivity index (χ1n) is 6.14. The van der Waals surface area contributed by atoms with Crippen LogP contribution in [-0.2, 0) is 14.3 Å². The van der Waals surface area contributed by atoms with Crippen molar-refractivity contribution in [1.29, 1.82) is 0 Å². The smallest absolute Gasteiger partial charge is 0.338 e. The molecule has 17 heavy (non-hydrogen) atoms. The lowest BCUT2D eigenvalue weighted by atomic mass is 9.93. The van der Waals surface area contributed by atoms with Crippen LogP contribution >= 0.6 is 0 Å². The van der Waals surface area contributed by atoms with Gasteiger partial charge in [-0.25, -0.2) is 4.79 Å². The summed E-state index contributed by atoms with van der Waals surface area (Å²) in [7, 11) is 0. The van der Waals surface area contributed by atoms with Crippen LogP contribution in [0.5, 0.6) is 0 Å². The van der Waals surface area contributed by atoms with Gasteiger partial charge >= 0.3 is 5.97 Å². The molecule has 0 fully saturated rings. The third kappa shape index (κ3) is 5.02. The molecule has 0 heterocycles.